The average molecular weight is 391 g/mol. The Balaban J connectivity index is 1.56. The number of rotatable bonds is 2. The number of thioether (sulfide) groups is 2. The van der Waals surface area contributed by atoms with E-state index in [9.17, 15) is 9.59 Å². The third-order valence-electron chi connectivity index (χ3n) is 5.17. The molecule has 26 heavy (non-hydrogen) atoms. The predicted octanol–water partition coefficient (Wildman–Crippen LogP) is 2.64. The zero-order valence-electron chi connectivity index (χ0n) is 14.8. The Kier molecular flexibility index (Phi) is 4.90. The Morgan fingerprint density at radius 3 is 2.42 bits per heavy atom. The van der Waals surface area contributed by atoms with E-state index in [1.807, 2.05) is 24.3 Å². The molecule has 7 heteroatoms. The number of fused-ring (bicyclic) bond motifs is 1. The number of hydrogen-bond acceptors (Lipinski definition) is 7. The molecule has 1 aromatic carbocycles. The van der Waals surface area contributed by atoms with Gasteiger partial charge in [-0.05, 0) is 30.5 Å². The van der Waals surface area contributed by atoms with Gasteiger partial charge < -0.3 is 10.1 Å². The number of methoxy groups -OCH3 is 1. The van der Waals surface area contributed by atoms with Crippen molar-refractivity contribution in [3.05, 3.63) is 39.6 Å². The molecule has 2 N–H and O–H groups in total. The van der Waals surface area contributed by atoms with Gasteiger partial charge in [-0.3, -0.25) is 14.9 Å². The fraction of sp³-hybridized carbons (Fsp3) is 0.474. The third kappa shape index (κ3) is 3.22. The van der Waals surface area contributed by atoms with Crippen molar-refractivity contribution in [2.75, 3.05) is 20.2 Å². The van der Waals surface area contributed by atoms with Gasteiger partial charge in [0.05, 0.1) is 27.2 Å². The van der Waals surface area contributed by atoms with Crippen molar-refractivity contribution >= 4 is 35.1 Å². The molecule has 0 radical (unpaired) electrons. The van der Waals surface area contributed by atoms with Crippen LogP contribution in [0.4, 0.5) is 0 Å². The first-order valence-corrected chi connectivity index (χ1v) is 10.5. The van der Waals surface area contributed by atoms with Crippen molar-refractivity contribution in [3.63, 3.8) is 0 Å². The van der Waals surface area contributed by atoms with E-state index in [1.165, 1.54) is 0 Å². The van der Waals surface area contributed by atoms with Crippen molar-refractivity contribution in [2.45, 2.75) is 35.9 Å². The highest BCUT2D eigenvalue weighted by Crippen LogP contribution is 2.54. The van der Waals surface area contributed by atoms with Gasteiger partial charge in [-0.2, -0.15) is 0 Å². The number of carbonyl (C=O) groups excluding carboxylic acids is 2. The summed E-state index contributed by atoms with van der Waals surface area (Å²) >= 11 is 3.24. The van der Waals surface area contributed by atoms with Gasteiger partial charge in [0.25, 0.3) is 0 Å². The highest BCUT2D eigenvalue weighted by atomic mass is 32.2. The van der Waals surface area contributed by atoms with Crippen LogP contribution in [-0.2, 0) is 9.59 Å². The Bertz CT molecular complexity index is 757. The van der Waals surface area contributed by atoms with E-state index in [2.05, 4.69) is 17.6 Å². The molecular formula is C19H22N2O3S2. The summed E-state index contributed by atoms with van der Waals surface area (Å²) in [5, 5.41) is 7.17. The highest BCUT2D eigenvalue weighted by Gasteiger charge is 2.47. The molecule has 0 spiro atoms. The maximum absolute atomic E-state index is 12.8. The minimum absolute atomic E-state index is 0.0284. The van der Waals surface area contributed by atoms with Gasteiger partial charge in [-0.25, -0.2) is 0 Å². The van der Waals surface area contributed by atoms with Gasteiger partial charge >= 0.3 is 0 Å². The van der Waals surface area contributed by atoms with E-state index in [1.54, 1.807) is 30.6 Å². The van der Waals surface area contributed by atoms with Gasteiger partial charge in [-0.1, -0.05) is 35.7 Å². The summed E-state index contributed by atoms with van der Waals surface area (Å²) < 4.78 is 6.06. The first kappa shape index (κ1) is 18.1. The monoisotopic (exact) mass is 390 g/mol. The number of nitrogens with one attached hydrogen (secondary N) is 2. The third-order valence-corrected chi connectivity index (χ3v) is 8.35. The van der Waals surface area contributed by atoms with Crippen LogP contribution < -0.4 is 15.4 Å². The number of ether oxygens (including phenoxy) is 1. The van der Waals surface area contributed by atoms with E-state index >= 15 is 0 Å². The van der Waals surface area contributed by atoms with Gasteiger partial charge in [-0.15, -0.1) is 0 Å². The lowest BCUT2D eigenvalue weighted by Crippen LogP contribution is -2.58. The minimum Gasteiger partial charge on any atom is -0.497 e. The zero-order chi connectivity index (χ0) is 18.3. The molecule has 2 saturated heterocycles. The molecule has 1 aliphatic carbocycles. The second kappa shape index (κ2) is 7.03. The fourth-order valence-corrected chi connectivity index (χ4v) is 7.14. The SMILES string of the molecule is COc1ccc(C2CC(=O)C(=C3SC4NCCNC4(C)S3)C(=O)C2)cc1. The van der Waals surface area contributed by atoms with Crippen molar-refractivity contribution in [1.82, 2.24) is 10.6 Å². The normalized spacial score (nSPS) is 31.9. The number of allylic oxidation sites excluding steroid dienone is 1. The molecule has 1 saturated carbocycles. The van der Waals surface area contributed by atoms with Crippen LogP contribution in [0.3, 0.4) is 0 Å². The summed E-state index contributed by atoms with van der Waals surface area (Å²) in [6.07, 6.45) is 0.778. The van der Waals surface area contributed by atoms with Crippen LogP contribution in [0.1, 0.15) is 31.2 Å². The highest BCUT2D eigenvalue weighted by molar-refractivity contribution is 8.26. The van der Waals surface area contributed by atoms with Gasteiger partial charge in [0, 0.05) is 25.9 Å². The molecule has 2 atom stereocenters. The summed E-state index contributed by atoms with van der Waals surface area (Å²) in [6.45, 7) is 3.93. The fourth-order valence-electron chi connectivity index (χ4n) is 3.70. The van der Waals surface area contributed by atoms with Gasteiger partial charge in [0.1, 0.15) is 5.75 Å². The number of ketones is 2. The van der Waals surface area contributed by atoms with Gasteiger partial charge in [0.2, 0.25) is 0 Å². The van der Waals surface area contributed by atoms with Crippen molar-refractivity contribution in [3.8, 4) is 5.75 Å². The maximum Gasteiger partial charge on any atom is 0.168 e. The van der Waals surface area contributed by atoms with E-state index in [0.717, 1.165) is 28.6 Å². The van der Waals surface area contributed by atoms with Gasteiger partial charge in [0.15, 0.2) is 11.6 Å². The second-order valence-corrected chi connectivity index (χ2v) is 9.81. The van der Waals surface area contributed by atoms with E-state index < -0.39 is 0 Å². The summed E-state index contributed by atoms with van der Waals surface area (Å²) in [4.78, 5) is 25.5. The van der Waals surface area contributed by atoms with Crippen LogP contribution in [0.5, 0.6) is 5.75 Å². The molecule has 2 heterocycles. The topological polar surface area (TPSA) is 67.4 Å². The molecule has 4 rings (SSSR count). The maximum atomic E-state index is 12.8. The number of hydrogen-bond donors (Lipinski definition) is 2. The Morgan fingerprint density at radius 2 is 1.81 bits per heavy atom. The smallest absolute Gasteiger partial charge is 0.168 e. The average Bonchev–Trinajstić information content (AvgIpc) is 2.97. The number of Topliss-reactive ketones (excluding diaryl/α,β-unsaturated/α-hetero) is 2. The second-order valence-electron chi connectivity index (χ2n) is 6.98. The molecule has 1 aromatic rings. The van der Waals surface area contributed by atoms with Crippen LogP contribution in [0.25, 0.3) is 0 Å². The Labute approximate surface area is 161 Å². The summed E-state index contributed by atoms with van der Waals surface area (Å²) in [7, 11) is 1.62. The number of carbonyl (C=O) groups is 2. The van der Waals surface area contributed by atoms with Crippen LogP contribution >= 0.6 is 23.5 Å². The Hall–Kier alpha value is -1.28. The quantitative estimate of drug-likeness (QED) is 0.594. The largest absolute Gasteiger partial charge is 0.497 e. The lowest BCUT2D eigenvalue weighted by Gasteiger charge is -2.35. The molecule has 138 valence electrons. The van der Waals surface area contributed by atoms with E-state index in [0.29, 0.717) is 18.4 Å². The molecule has 0 aromatic heterocycles. The molecular weight excluding hydrogens is 368 g/mol. The van der Waals surface area contributed by atoms with Crippen LogP contribution in [0.15, 0.2) is 34.1 Å². The van der Waals surface area contributed by atoms with E-state index in [-0.39, 0.29) is 27.7 Å². The van der Waals surface area contributed by atoms with E-state index in [4.69, 9.17) is 4.74 Å². The Morgan fingerprint density at radius 1 is 1.12 bits per heavy atom. The molecule has 2 aliphatic heterocycles. The molecule has 0 amide bonds. The van der Waals surface area contributed by atoms with Crippen LogP contribution in [-0.4, -0.2) is 42.0 Å². The first-order valence-electron chi connectivity index (χ1n) is 8.79. The number of piperazine rings is 1. The number of benzene rings is 1. The first-order chi connectivity index (χ1) is 12.5. The zero-order valence-corrected chi connectivity index (χ0v) is 16.5. The summed E-state index contributed by atoms with van der Waals surface area (Å²) in [5.74, 6) is 0.675. The lowest BCUT2D eigenvalue weighted by molar-refractivity contribution is -0.124. The van der Waals surface area contributed by atoms with Crippen LogP contribution in [0.2, 0.25) is 0 Å². The molecule has 3 fully saturated rings. The minimum atomic E-state index is -0.168. The lowest BCUT2D eigenvalue weighted by atomic mass is 9.80. The summed E-state index contributed by atoms with van der Waals surface area (Å²) in [6, 6.07) is 7.66. The molecule has 3 aliphatic rings. The van der Waals surface area contributed by atoms with Crippen molar-refractivity contribution in [1.29, 1.82) is 0 Å². The predicted molar refractivity (Wildman–Crippen MR) is 105 cm³/mol. The van der Waals surface area contributed by atoms with Crippen molar-refractivity contribution in [2.24, 2.45) is 0 Å². The van der Waals surface area contributed by atoms with Crippen molar-refractivity contribution < 1.29 is 14.3 Å². The van der Waals surface area contributed by atoms with Crippen LogP contribution in [0, 0.1) is 0 Å². The summed E-state index contributed by atoms with van der Waals surface area (Å²) in [5.41, 5.74) is 1.44. The standard InChI is InChI=1S/C19H22N2O3S2/c1-19-18(20-7-8-21-19)25-17(26-19)16-14(22)9-12(10-15(16)23)11-3-5-13(24-2)6-4-11/h3-6,12,18,20-21H,7-10H2,1-2H3. The molecule has 5 nitrogen and oxygen atoms in total. The molecule has 2 unspecified atom stereocenters. The molecule has 0 bridgehead atoms.